The number of carbonyl (C=O) groups excluding carboxylic acids is 1. The zero-order chi connectivity index (χ0) is 18.1. The fourth-order valence-corrected chi connectivity index (χ4v) is 3.69. The van der Waals surface area contributed by atoms with Gasteiger partial charge in [0.1, 0.15) is 0 Å². The van der Waals surface area contributed by atoms with Crippen molar-refractivity contribution in [2.45, 2.75) is 25.7 Å². The average Bonchev–Trinajstić information content (AvgIpc) is 3.31. The maximum Gasteiger partial charge on any atom is 0.289 e. The van der Waals surface area contributed by atoms with Crippen molar-refractivity contribution in [3.63, 3.8) is 0 Å². The van der Waals surface area contributed by atoms with E-state index in [1.807, 2.05) is 15.8 Å². The zero-order valence-corrected chi connectivity index (χ0v) is 16.1. The summed E-state index contributed by atoms with van der Waals surface area (Å²) < 4.78 is 7.89. The van der Waals surface area contributed by atoms with Crippen LogP contribution in [0.15, 0.2) is 57.9 Å². The number of aromatic nitrogens is 2. The number of rotatable bonds is 3. The Kier molecular flexibility index (Phi) is 4.68. The van der Waals surface area contributed by atoms with Crippen molar-refractivity contribution in [1.29, 1.82) is 0 Å². The minimum absolute atomic E-state index is 0.0375. The standard InChI is InChI=1S/C20H20BrN3O2/c1-14-2-4-17(5-3-14)24-13-16(12-22-24)15-8-10-23(11-9-15)20(25)18-6-7-19(21)26-18/h2-7,12-13,15H,8-11H2,1H3. The van der Waals surface area contributed by atoms with Crippen molar-refractivity contribution >= 4 is 21.8 Å². The van der Waals surface area contributed by atoms with E-state index in [0.717, 1.165) is 31.6 Å². The minimum Gasteiger partial charge on any atom is -0.444 e. The number of nitrogens with zero attached hydrogens (tertiary/aromatic N) is 3. The first-order valence-corrected chi connectivity index (χ1v) is 9.55. The van der Waals surface area contributed by atoms with E-state index in [4.69, 9.17) is 4.42 Å². The van der Waals surface area contributed by atoms with Gasteiger partial charge in [-0.15, -0.1) is 0 Å². The maximum absolute atomic E-state index is 12.5. The Hall–Kier alpha value is -2.34. The molecule has 6 heteroatoms. The van der Waals surface area contributed by atoms with Crippen LogP contribution >= 0.6 is 15.9 Å². The van der Waals surface area contributed by atoms with Crippen LogP contribution in [-0.4, -0.2) is 33.7 Å². The highest BCUT2D eigenvalue weighted by Crippen LogP contribution is 2.29. The molecule has 0 aliphatic carbocycles. The number of benzene rings is 1. The van der Waals surface area contributed by atoms with Crippen molar-refractivity contribution in [3.8, 4) is 5.69 Å². The average molecular weight is 414 g/mol. The van der Waals surface area contributed by atoms with Crippen molar-refractivity contribution < 1.29 is 9.21 Å². The first kappa shape index (κ1) is 17.1. The molecule has 0 spiro atoms. The summed E-state index contributed by atoms with van der Waals surface area (Å²) in [5.74, 6) is 0.786. The van der Waals surface area contributed by atoms with E-state index in [1.54, 1.807) is 12.1 Å². The largest absolute Gasteiger partial charge is 0.444 e. The minimum atomic E-state index is -0.0375. The van der Waals surface area contributed by atoms with Gasteiger partial charge in [-0.1, -0.05) is 17.7 Å². The summed E-state index contributed by atoms with van der Waals surface area (Å²) >= 11 is 3.24. The van der Waals surface area contributed by atoms with Crippen molar-refractivity contribution in [1.82, 2.24) is 14.7 Å². The Morgan fingerprint density at radius 1 is 1.15 bits per heavy atom. The van der Waals surface area contributed by atoms with Crippen LogP contribution in [0.25, 0.3) is 5.69 Å². The van der Waals surface area contributed by atoms with Crippen LogP contribution in [0.2, 0.25) is 0 Å². The molecule has 0 unspecified atom stereocenters. The van der Waals surface area contributed by atoms with E-state index in [0.29, 0.717) is 16.3 Å². The van der Waals surface area contributed by atoms with Crippen LogP contribution in [0.3, 0.4) is 0 Å². The number of aryl methyl sites for hydroxylation is 1. The summed E-state index contributed by atoms with van der Waals surface area (Å²) in [4.78, 5) is 14.3. The molecule has 1 saturated heterocycles. The lowest BCUT2D eigenvalue weighted by Gasteiger charge is -2.31. The summed E-state index contributed by atoms with van der Waals surface area (Å²) in [6, 6.07) is 11.8. The number of piperidine rings is 1. The molecular formula is C20H20BrN3O2. The van der Waals surface area contributed by atoms with E-state index in [9.17, 15) is 4.79 Å². The zero-order valence-electron chi connectivity index (χ0n) is 14.6. The van der Waals surface area contributed by atoms with Gasteiger partial charge in [0.05, 0.1) is 11.9 Å². The van der Waals surface area contributed by atoms with E-state index in [1.165, 1.54) is 11.1 Å². The quantitative estimate of drug-likeness (QED) is 0.632. The highest BCUT2D eigenvalue weighted by molar-refractivity contribution is 9.10. The van der Waals surface area contributed by atoms with E-state index < -0.39 is 0 Å². The smallest absolute Gasteiger partial charge is 0.289 e. The Labute approximate surface area is 160 Å². The van der Waals surface area contributed by atoms with Crippen LogP contribution < -0.4 is 0 Å². The summed E-state index contributed by atoms with van der Waals surface area (Å²) in [6.07, 6.45) is 5.93. The molecule has 134 valence electrons. The number of hydrogen-bond donors (Lipinski definition) is 0. The molecule has 0 radical (unpaired) electrons. The Bertz CT molecular complexity index is 905. The SMILES string of the molecule is Cc1ccc(-n2cc(C3CCN(C(=O)c4ccc(Br)o4)CC3)cn2)cc1. The highest BCUT2D eigenvalue weighted by Gasteiger charge is 2.26. The van der Waals surface area contributed by atoms with E-state index in [-0.39, 0.29) is 5.91 Å². The summed E-state index contributed by atoms with van der Waals surface area (Å²) in [5.41, 5.74) is 3.54. The van der Waals surface area contributed by atoms with Crippen molar-refractivity contribution in [3.05, 3.63) is 70.3 Å². The van der Waals surface area contributed by atoms with Gasteiger partial charge in [-0.3, -0.25) is 4.79 Å². The predicted octanol–water partition coefficient (Wildman–Crippen LogP) is 4.56. The molecule has 0 N–H and O–H groups in total. The molecule has 4 rings (SSSR count). The van der Waals surface area contributed by atoms with Gasteiger partial charge in [-0.25, -0.2) is 4.68 Å². The predicted molar refractivity (Wildman–Crippen MR) is 103 cm³/mol. The topological polar surface area (TPSA) is 51.3 Å². The van der Waals surface area contributed by atoms with Crippen molar-refractivity contribution in [2.24, 2.45) is 0 Å². The molecule has 2 aromatic heterocycles. The van der Waals surface area contributed by atoms with Crippen molar-refractivity contribution in [2.75, 3.05) is 13.1 Å². The van der Waals surface area contributed by atoms with Crippen LogP contribution in [0.4, 0.5) is 0 Å². The lowest BCUT2D eigenvalue weighted by atomic mass is 9.91. The second kappa shape index (κ2) is 7.11. The lowest BCUT2D eigenvalue weighted by Crippen LogP contribution is -2.37. The van der Waals surface area contributed by atoms with Crippen LogP contribution in [0, 0.1) is 6.92 Å². The molecule has 1 aliphatic heterocycles. The molecule has 0 bridgehead atoms. The first-order valence-electron chi connectivity index (χ1n) is 8.76. The molecule has 5 nitrogen and oxygen atoms in total. The molecule has 26 heavy (non-hydrogen) atoms. The summed E-state index contributed by atoms with van der Waals surface area (Å²) in [7, 11) is 0. The van der Waals surface area contributed by atoms with Crippen LogP contribution in [0.1, 0.15) is 40.4 Å². The molecule has 1 aliphatic rings. The molecule has 1 amide bonds. The normalized spacial score (nSPS) is 15.4. The van der Waals surface area contributed by atoms with Gasteiger partial charge in [0.2, 0.25) is 0 Å². The van der Waals surface area contributed by atoms with Crippen LogP contribution in [0.5, 0.6) is 0 Å². The Balaban J connectivity index is 1.40. The van der Waals surface area contributed by atoms with Gasteiger partial charge in [-0.05, 0) is 71.4 Å². The van der Waals surface area contributed by atoms with Gasteiger partial charge in [0.15, 0.2) is 10.4 Å². The van der Waals surface area contributed by atoms with Gasteiger partial charge in [0.25, 0.3) is 5.91 Å². The highest BCUT2D eigenvalue weighted by atomic mass is 79.9. The fourth-order valence-electron chi connectivity index (χ4n) is 3.39. The third-order valence-corrected chi connectivity index (χ3v) is 5.36. The molecule has 1 fully saturated rings. The molecule has 0 atom stereocenters. The lowest BCUT2D eigenvalue weighted by molar-refractivity contribution is 0.0679. The molecule has 1 aromatic carbocycles. The Morgan fingerprint density at radius 2 is 1.88 bits per heavy atom. The van der Waals surface area contributed by atoms with Gasteiger partial charge in [0, 0.05) is 19.3 Å². The number of carbonyl (C=O) groups is 1. The first-order chi connectivity index (χ1) is 12.6. The number of furan rings is 1. The van der Waals surface area contributed by atoms with Crippen LogP contribution in [-0.2, 0) is 0 Å². The van der Waals surface area contributed by atoms with Gasteiger partial charge >= 0.3 is 0 Å². The van der Waals surface area contributed by atoms with Gasteiger partial charge in [-0.2, -0.15) is 5.10 Å². The molecule has 0 saturated carbocycles. The second-order valence-electron chi connectivity index (χ2n) is 6.72. The Morgan fingerprint density at radius 3 is 2.54 bits per heavy atom. The fraction of sp³-hybridized carbons (Fsp3) is 0.300. The summed E-state index contributed by atoms with van der Waals surface area (Å²) in [5, 5.41) is 4.51. The third-order valence-electron chi connectivity index (χ3n) is 4.94. The van der Waals surface area contributed by atoms with E-state index in [2.05, 4.69) is 58.4 Å². The molecule has 3 heterocycles. The number of amides is 1. The molecular weight excluding hydrogens is 394 g/mol. The molecule has 3 aromatic rings. The monoisotopic (exact) mass is 413 g/mol. The van der Waals surface area contributed by atoms with Gasteiger partial charge < -0.3 is 9.32 Å². The van der Waals surface area contributed by atoms with E-state index >= 15 is 0 Å². The maximum atomic E-state index is 12.5. The third kappa shape index (κ3) is 3.46. The number of halogens is 1. The second-order valence-corrected chi connectivity index (χ2v) is 7.51. The number of likely N-dealkylation sites (tertiary alicyclic amines) is 1. The number of hydrogen-bond acceptors (Lipinski definition) is 3. The summed E-state index contributed by atoms with van der Waals surface area (Å²) in [6.45, 7) is 3.55.